The Morgan fingerprint density at radius 3 is 2.81 bits per heavy atom. The minimum absolute atomic E-state index is 0.0245. The lowest BCUT2D eigenvalue weighted by molar-refractivity contribution is 0.0498. The quantitative estimate of drug-likeness (QED) is 0.539. The summed E-state index contributed by atoms with van der Waals surface area (Å²) in [5.74, 6) is -0.0245. The van der Waals surface area contributed by atoms with Crippen molar-refractivity contribution < 1.29 is 4.79 Å². The van der Waals surface area contributed by atoms with Crippen LogP contribution in [0.2, 0.25) is 0 Å². The first-order valence-corrected chi connectivity index (χ1v) is 8.97. The molecule has 1 saturated heterocycles. The Balaban J connectivity index is 1.24. The van der Waals surface area contributed by atoms with Gasteiger partial charge in [0.15, 0.2) is 5.01 Å². The molecular weight excluding hydrogens is 352 g/mol. The number of nitrogens with zero attached hydrogens (tertiary/aromatic N) is 8. The average molecular weight is 366 g/mol. The van der Waals surface area contributed by atoms with Crippen molar-refractivity contribution in [2.75, 3.05) is 13.1 Å². The molecule has 0 bridgehead atoms. The van der Waals surface area contributed by atoms with Crippen LogP contribution in [0.5, 0.6) is 0 Å². The maximum atomic E-state index is 12.6. The number of aromatic nitrogens is 7. The van der Waals surface area contributed by atoms with Crippen LogP contribution in [0.3, 0.4) is 0 Å². The van der Waals surface area contributed by atoms with Crippen molar-refractivity contribution in [2.24, 2.45) is 0 Å². The fourth-order valence-electron chi connectivity index (χ4n) is 2.92. The number of carbonyl (C=O) groups excluding carboxylic acids is 1. The number of hydrogen-bond acceptors (Lipinski definition) is 7. The van der Waals surface area contributed by atoms with Crippen molar-refractivity contribution in [3.05, 3.63) is 53.6 Å². The summed E-state index contributed by atoms with van der Waals surface area (Å²) in [5, 5.41) is 17.0. The Labute approximate surface area is 151 Å². The normalized spacial score (nSPS) is 14.7. The van der Waals surface area contributed by atoms with Gasteiger partial charge in [0.2, 0.25) is 0 Å². The fraction of sp³-hybridized carbons (Fsp3) is 0.250. The van der Waals surface area contributed by atoms with Crippen LogP contribution < -0.4 is 0 Å². The van der Waals surface area contributed by atoms with Crippen LogP contribution in [-0.2, 0) is 6.54 Å². The third-order valence-electron chi connectivity index (χ3n) is 4.33. The second kappa shape index (κ2) is 5.99. The van der Waals surface area contributed by atoms with Crippen LogP contribution in [0.1, 0.15) is 21.5 Å². The van der Waals surface area contributed by atoms with Gasteiger partial charge in [-0.1, -0.05) is 17.3 Å². The lowest BCUT2D eigenvalue weighted by atomic mass is 10.1. The molecule has 0 atom stereocenters. The van der Waals surface area contributed by atoms with Crippen LogP contribution in [0, 0.1) is 0 Å². The minimum atomic E-state index is -0.0245. The van der Waals surface area contributed by atoms with Gasteiger partial charge in [0.25, 0.3) is 5.91 Å². The molecule has 1 fully saturated rings. The first kappa shape index (κ1) is 15.1. The van der Waals surface area contributed by atoms with E-state index in [-0.39, 0.29) is 11.9 Å². The summed E-state index contributed by atoms with van der Waals surface area (Å²) in [6, 6.07) is 7.92. The average Bonchev–Trinajstić information content (AvgIpc) is 3.34. The second-order valence-corrected chi connectivity index (χ2v) is 7.13. The number of thiazole rings is 1. The van der Waals surface area contributed by atoms with Crippen LogP contribution in [0.4, 0.5) is 0 Å². The van der Waals surface area contributed by atoms with Crippen molar-refractivity contribution >= 4 is 27.5 Å². The Hall–Kier alpha value is -3.14. The topological polar surface area (TPSA) is 94.6 Å². The van der Waals surface area contributed by atoms with Crippen LogP contribution in [-0.4, -0.2) is 58.9 Å². The molecule has 0 unspecified atom stereocenters. The van der Waals surface area contributed by atoms with Crippen molar-refractivity contribution in [1.29, 1.82) is 0 Å². The summed E-state index contributed by atoms with van der Waals surface area (Å²) >= 11 is 1.43. The number of hydrogen-bond donors (Lipinski definition) is 0. The smallest absolute Gasteiger partial charge is 0.283 e. The first-order chi connectivity index (χ1) is 12.8. The van der Waals surface area contributed by atoms with Crippen molar-refractivity contribution in [3.8, 4) is 0 Å². The molecule has 1 amide bonds. The highest BCUT2D eigenvalue weighted by molar-refractivity contribution is 7.20. The first-order valence-electron chi connectivity index (χ1n) is 8.16. The molecule has 0 spiro atoms. The summed E-state index contributed by atoms with van der Waals surface area (Å²) in [7, 11) is 0. The highest BCUT2D eigenvalue weighted by atomic mass is 32.1. The molecule has 3 aromatic heterocycles. The van der Waals surface area contributed by atoms with E-state index >= 15 is 0 Å². The predicted molar refractivity (Wildman–Crippen MR) is 93.7 cm³/mol. The zero-order valence-corrected chi connectivity index (χ0v) is 14.5. The number of benzene rings is 1. The summed E-state index contributed by atoms with van der Waals surface area (Å²) in [4.78, 5) is 20.4. The maximum absolute atomic E-state index is 12.6. The number of likely N-dealkylation sites (tertiary alicyclic amines) is 1. The Bertz CT molecular complexity index is 1030. The number of para-hydroxylation sites is 1. The molecule has 5 rings (SSSR count). The summed E-state index contributed by atoms with van der Waals surface area (Å²) in [6.45, 7) is 1.70. The predicted octanol–water partition coefficient (Wildman–Crippen LogP) is 1.22. The van der Waals surface area contributed by atoms with Crippen LogP contribution in [0.15, 0.2) is 42.9 Å². The van der Waals surface area contributed by atoms with E-state index in [9.17, 15) is 4.79 Å². The maximum Gasteiger partial charge on any atom is 0.283 e. The Morgan fingerprint density at radius 2 is 2.00 bits per heavy atom. The van der Waals surface area contributed by atoms with E-state index < -0.39 is 0 Å². The van der Waals surface area contributed by atoms with E-state index in [1.807, 2.05) is 30.5 Å². The SMILES string of the molecule is O=C(c1nc2ccccc2s1)N1CC(n2cc(Cn3nccn3)nn2)C1. The molecule has 130 valence electrons. The molecule has 1 aliphatic rings. The van der Waals surface area contributed by atoms with Gasteiger partial charge in [-0.3, -0.25) is 4.79 Å². The third-order valence-corrected chi connectivity index (χ3v) is 5.35. The Kier molecular flexibility index (Phi) is 3.49. The molecule has 0 aliphatic carbocycles. The van der Waals surface area contributed by atoms with E-state index in [1.165, 1.54) is 11.3 Å². The standard InChI is InChI=1S/C16H14N8OS/c25-16(15-19-13-3-1-2-4-14(13)26-15)22-9-12(10-22)23-7-11(20-21-23)8-24-17-5-6-18-24/h1-7,12H,8-10H2. The number of carbonyl (C=O) groups is 1. The molecule has 4 aromatic rings. The monoisotopic (exact) mass is 366 g/mol. The largest absolute Gasteiger partial charge is 0.332 e. The summed E-state index contributed by atoms with van der Waals surface area (Å²) in [6.07, 6.45) is 5.14. The molecule has 0 radical (unpaired) electrons. The third kappa shape index (κ3) is 2.64. The summed E-state index contributed by atoms with van der Waals surface area (Å²) in [5.41, 5.74) is 1.66. The molecular formula is C16H14N8OS. The van der Waals surface area contributed by atoms with E-state index in [1.54, 1.807) is 26.8 Å². The zero-order chi connectivity index (χ0) is 17.5. The van der Waals surface area contributed by atoms with Gasteiger partial charge in [0.05, 0.1) is 34.8 Å². The second-order valence-electron chi connectivity index (χ2n) is 6.10. The molecule has 10 heteroatoms. The molecule has 26 heavy (non-hydrogen) atoms. The van der Waals surface area contributed by atoms with E-state index in [4.69, 9.17) is 0 Å². The molecule has 0 saturated carbocycles. The number of rotatable bonds is 4. The van der Waals surface area contributed by atoms with Gasteiger partial charge >= 0.3 is 0 Å². The van der Waals surface area contributed by atoms with Crippen LogP contribution >= 0.6 is 11.3 Å². The molecule has 9 nitrogen and oxygen atoms in total. The molecule has 0 N–H and O–H groups in total. The molecule has 4 heterocycles. The summed E-state index contributed by atoms with van der Waals surface area (Å²) < 4.78 is 2.84. The lowest BCUT2D eigenvalue weighted by Crippen LogP contribution is -2.50. The molecule has 1 aliphatic heterocycles. The fourth-order valence-corrected chi connectivity index (χ4v) is 3.86. The van der Waals surface area contributed by atoms with Crippen molar-refractivity contribution in [2.45, 2.75) is 12.6 Å². The molecule has 1 aromatic carbocycles. The highest BCUT2D eigenvalue weighted by Gasteiger charge is 2.34. The van der Waals surface area contributed by atoms with Crippen molar-refractivity contribution in [1.82, 2.24) is 39.9 Å². The van der Waals surface area contributed by atoms with E-state index in [0.29, 0.717) is 24.6 Å². The van der Waals surface area contributed by atoms with Gasteiger partial charge in [-0.25, -0.2) is 9.67 Å². The van der Waals surface area contributed by atoms with Gasteiger partial charge in [0, 0.05) is 13.1 Å². The van der Waals surface area contributed by atoms with E-state index in [0.717, 1.165) is 15.9 Å². The van der Waals surface area contributed by atoms with Gasteiger partial charge < -0.3 is 4.90 Å². The van der Waals surface area contributed by atoms with Gasteiger partial charge in [-0.05, 0) is 12.1 Å². The van der Waals surface area contributed by atoms with Crippen LogP contribution in [0.25, 0.3) is 10.2 Å². The van der Waals surface area contributed by atoms with Gasteiger partial charge in [-0.2, -0.15) is 15.0 Å². The van der Waals surface area contributed by atoms with E-state index in [2.05, 4.69) is 25.5 Å². The van der Waals surface area contributed by atoms with Crippen molar-refractivity contribution in [3.63, 3.8) is 0 Å². The zero-order valence-electron chi connectivity index (χ0n) is 13.6. The number of amides is 1. The number of fused-ring (bicyclic) bond motifs is 1. The lowest BCUT2D eigenvalue weighted by Gasteiger charge is -2.38. The van der Waals surface area contributed by atoms with Gasteiger partial charge in [0.1, 0.15) is 12.2 Å². The minimum Gasteiger partial charge on any atom is -0.332 e. The highest BCUT2D eigenvalue weighted by Crippen LogP contribution is 2.27. The van der Waals surface area contributed by atoms with Gasteiger partial charge in [-0.15, -0.1) is 16.4 Å². The Morgan fingerprint density at radius 1 is 1.19 bits per heavy atom.